The van der Waals surface area contributed by atoms with Crippen LogP contribution in [0.5, 0.6) is 5.75 Å². The SMILES string of the molecule is C=CCOc1ccc(C2=CCC(c3ccc(C4CCC(C=C)CC4)cc3)CC2)c(F)c1F. The summed E-state index contributed by atoms with van der Waals surface area (Å²) in [6, 6.07) is 12.3. The molecule has 4 rings (SSSR count). The number of ether oxygens (including phenoxy) is 1. The van der Waals surface area contributed by atoms with Crippen molar-refractivity contribution in [2.24, 2.45) is 5.92 Å². The fourth-order valence-corrected chi connectivity index (χ4v) is 5.15. The average Bonchev–Trinajstić information content (AvgIpc) is 2.85. The van der Waals surface area contributed by atoms with Gasteiger partial charge in [0.05, 0.1) is 0 Å². The Kier molecular flexibility index (Phi) is 7.24. The molecule has 0 heterocycles. The van der Waals surface area contributed by atoms with Gasteiger partial charge in [-0.25, -0.2) is 4.39 Å². The number of allylic oxidation sites excluding steroid dienone is 3. The summed E-state index contributed by atoms with van der Waals surface area (Å²) in [5, 5.41) is 0. The first-order valence-corrected chi connectivity index (χ1v) is 11.7. The molecule has 32 heavy (non-hydrogen) atoms. The number of halogens is 2. The van der Waals surface area contributed by atoms with Gasteiger partial charge in [-0.1, -0.05) is 49.1 Å². The lowest BCUT2D eigenvalue weighted by Crippen LogP contribution is -2.11. The van der Waals surface area contributed by atoms with E-state index in [1.165, 1.54) is 49.0 Å². The molecule has 1 saturated carbocycles. The van der Waals surface area contributed by atoms with E-state index in [1.807, 2.05) is 0 Å². The van der Waals surface area contributed by atoms with Crippen molar-refractivity contribution >= 4 is 5.57 Å². The molecule has 1 fully saturated rings. The summed E-state index contributed by atoms with van der Waals surface area (Å²) >= 11 is 0. The zero-order valence-electron chi connectivity index (χ0n) is 18.7. The summed E-state index contributed by atoms with van der Waals surface area (Å²) in [6.07, 6.45) is 13.2. The smallest absolute Gasteiger partial charge is 0.201 e. The second kappa shape index (κ2) is 10.3. The lowest BCUT2D eigenvalue weighted by atomic mass is 9.78. The molecular formula is C29H32F2O. The summed E-state index contributed by atoms with van der Waals surface area (Å²) < 4.78 is 34.2. The van der Waals surface area contributed by atoms with Gasteiger partial charge in [-0.2, -0.15) is 4.39 Å². The largest absolute Gasteiger partial charge is 0.486 e. The molecule has 2 aromatic rings. The Balaban J connectivity index is 1.41. The molecule has 0 aliphatic heterocycles. The quantitative estimate of drug-likeness (QED) is 0.398. The third-order valence-corrected chi connectivity index (χ3v) is 7.14. The monoisotopic (exact) mass is 434 g/mol. The molecule has 2 aliphatic carbocycles. The maximum atomic E-state index is 14.6. The van der Waals surface area contributed by atoms with Crippen molar-refractivity contribution in [3.05, 3.63) is 96.1 Å². The Labute approximate surface area is 190 Å². The van der Waals surface area contributed by atoms with Gasteiger partial charge in [0.1, 0.15) is 6.61 Å². The van der Waals surface area contributed by atoms with E-state index in [-0.39, 0.29) is 12.4 Å². The standard InChI is InChI=1S/C29H32F2O/c1-3-19-32-27-18-17-26(28(30)29(27)31)25-15-13-24(14-16-25)23-11-9-22(10-12-23)21-7-5-20(4-2)6-8-21/h3-4,9-12,15,17-18,20-21,24H,1-2,5-8,13-14,16,19H2. The maximum absolute atomic E-state index is 14.6. The summed E-state index contributed by atoms with van der Waals surface area (Å²) in [5.74, 6) is -0.0554. The Morgan fingerprint density at radius 3 is 2.12 bits per heavy atom. The van der Waals surface area contributed by atoms with Gasteiger partial charge in [0.2, 0.25) is 5.82 Å². The Morgan fingerprint density at radius 2 is 1.53 bits per heavy atom. The fraction of sp³-hybridized carbons (Fsp3) is 0.379. The van der Waals surface area contributed by atoms with Crippen LogP contribution in [0.1, 0.15) is 73.5 Å². The van der Waals surface area contributed by atoms with E-state index < -0.39 is 11.6 Å². The van der Waals surface area contributed by atoms with E-state index in [9.17, 15) is 8.78 Å². The molecular weight excluding hydrogens is 402 g/mol. The van der Waals surface area contributed by atoms with Crippen LogP contribution in [-0.2, 0) is 0 Å². The van der Waals surface area contributed by atoms with Crippen LogP contribution in [0.15, 0.2) is 67.8 Å². The maximum Gasteiger partial charge on any atom is 0.201 e. The molecule has 0 bridgehead atoms. The number of rotatable bonds is 7. The van der Waals surface area contributed by atoms with Gasteiger partial charge in [-0.3, -0.25) is 0 Å². The van der Waals surface area contributed by atoms with Crippen LogP contribution in [0, 0.1) is 17.6 Å². The minimum absolute atomic E-state index is 0.0708. The topological polar surface area (TPSA) is 9.23 Å². The molecule has 2 aromatic carbocycles. The molecule has 0 aromatic heterocycles. The number of hydrogen-bond acceptors (Lipinski definition) is 1. The molecule has 0 spiro atoms. The molecule has 0 saturated heterocycles. The summed E-state index contributed by atoms with van der Waals surface area (Å²) in [6.45, 7) is 7.62. The van der Waals surface area contributed by atoms with Crippen LogP contribution in [0.4, 0.5) is 8.78 Å². The number of benzene rings is 2. The van der Waals surface area contributed by atoms with E-state index in [1.54, 1.807) is 6.07 Å². The van der Waals surface area contributed by atoms with Gasteiger partial charge < -0.3 is 4.74 Å². The second-order valence-corrected chi connectivity index (χ2v) is 9.05. The van der Waals surface area contributed by atoms with Crippen molar-refractivity contribution in [1.82, 2.24) is 0 Å². The molecule has 1 unspecified atom stereocenters. The van der Waals surface area contributed by atoms with Gasteiger partial charge >= 0.3 is 0 Å². The van der Waals surface area contributed by atoms with Crippen LogP contribution in [-0.4, -0.2) is 6.61 Å². The van der Waals surface area contributed by atoms with Gasteiger partial charge in [0, 0.05) is 5.56 Å². The Bertz CT molecular complexity index is 981. The zero-order chi connectivity index (χ0) is 22.5. The second-order valence-electron chi connectivity index (χ2n) is 9.05. The van der Waals surface area contributed by atoms with E-state index in [2.05, 4.69) is 49.6 Å². The van der Waals surface area contributed by atoms with E-state index in [4.69, 9.17) is 4.74 Å². The molecule has 0 N–H and O–H groups in total. The zero-order valence-corrected chi connectivity index (χ0v) is 18.7. The molecule has 0 radical (unpaired) electrons. The Hall–Kier alpha value is -2.68. The highest BCUT2D eigenvalue weighted by Crippen LogP contribution is 2.40. The van der Waals surface area contributed by atoms with Crippen molar-refractivity contribution in [2.45, 2.75) is 56.8 Å². The number of hydrogen-bond donors (Lipinski definition) is 0. The summed E-state index contributed by atoms with van der Waals surface area (Å²) in [5.41, 5.74) is 4.00. The van der Waals surface area contributed by atoms with Gasteiger partial charge in [-0.15, -0.1) is 6.58 Å². The predicted molar refractivity (Wildman–Crippen MR) is 128 cm³/mol. The van der Waals surface area contributed by atoms with Crippen molar-refractivity contribution in [2.75, 3.05) is 6.61 Å². The van der Waals surface area contributed by atoms with E-state index >= 15 is 0 Å². The van der Waals surface area contributed by atoms with Crippen molar-refractivity contribution in [1.29, 1.82) is 0 Å². The highest BCUT2D eigenvalue weighted by Gasteiger charge is 2.23. The average molecular weight is 435 g/mol. The van der Waals surface area contributed by atoms with Gasteiger partial charge in [0.25, 0.3) is 0 Å². The third kappa shape index (κ3) is 4.87. The van der Waals surface area contributed by atoms with Gasteiger partial charge in [-0.05, 0) is 91.5 Å². The van der Waals surface area contributed by atoms with Crippen LogP contribution in [0.25, 0.3) is 5.57 Å². The normalized spacial score (nSPS) is 23.3. The summed E-state index contributed by atoms with van der Waals surface area (Å²) in [4.78, 5) is 0. The minimum Gasteiger partial charge on any atom is -0.486 e. The molecule has 1 atom stereocenters. The fourth-order valence-electron chi connectivity index (χ4n) is 5.15. The lowest BCUT2D eigenvalue weighted by molar-refractivity contribution is 0.332. The predicted octanol–water partition coefficient (Wildman–Crippen LogP) is 8.34. The van der Waals surface area contributed by atoms with Crippen molar-refractivity contribution < 1.29 is 13.5 Å². The molecule has 168 valence electrons. The van der Waals surface area contributed by atoms with Crippen LogP contribution in [0.3, 0.4) is 0 Å². The van der Waals surface area contributed by atoms with E-state index in [0.717, 1.165) is 24.8 Å². The van der Waals surface area contributed by atoms with E-state index in [0.29, 0.717) is 23.3 Å². The molecule has 0 amide bonds. The van der Waals surface area contributed by atoms with Crippen LogP contribution >= 0.6 is 0 Å². The molecule has 3 heteroatoms. The van der Waals surface area contributed by atoms with Crippen molar-refractivity contribution in [3.8, 4) is 5.75 Å². The highest BCUT2D eigenvalue weighted by molar-refractivity contribution is 5.68. The highest BCUT2D eigenvalue weighted by atomic mass is 19.2. The minimum atomic E-state index is -0.926. The first-order chi connectivity index (χ1) is 15.6. The summed E-state index contributed by atoms with van der Waals surface area (Å²) in [7, 11) is 0. The third-order valence-electron chi connectivity index (χ3n) is 7.14. The molecule has 2 aliphatic rings. The first kappa shape index (κ1) is 22.5. The first-order valence-electron chi connectivity index (χ1n) is 11.7. The van der Waals surface area contributed by atoms with Crippen LogP contribution in [0.2, 0.25) is 0 Å². The molecule has 1 nitrogen and oxygen atoms in total. The Morgan fingerprint density at radius 1 is 0.844 bits per heavy atom. The lowest BCUT2D eigenvalue weighted by Gasteiger charge is -2.27. The van der Waals surface area contributed by atoms with Gasteiger partial charge in [0.15, 0.2) is 11.6 Å². The van der Waals surface area contributed by atoms with Crippen molar-refractivity contribution in [3.63, 3.8) is 0 Å². The van der Waals surface area contributed by atoms with Crippen LogP contribution < -0.4 is 4.74 Å².